The SMILES string of the molecule is CCOC(=O)C1=C(C)N=c2s/c(=C\c3cccc(OC)c3OCC)c(=O)n2[C@H]1c1ccc(SC)cc1. The lowest BCUT2D eigenvalue weighted by Crippen LogP contribution is -2.39. The lowest BCUT2D eigenvalue weighted by molar-refractivity contribution is -0.139. The lowest BCUT2D eigenvalue weighted by atomic mass is 9.96. The van der Waals surface area contributed by atoms with Crippen molar-refractivity contribution >= 4 is 35.1 Å². The van der Waals surface area contributed by atoms with E-state index in [0.717, 1.165) is 16.0 Å². The first-order valence-electron chi connectivity index (χ1n) is 11.6. The Balaban J connectivity index is 1.95. The number of thioether (sulfide) groups is 1. The van der Waals surface area contributed by atoms with E-state index >= 15 is 0 Å². The van der Waals surface area contributed by atoms with Crippen molar-refractivity contribution in [1.82, 2.24) is 4.57 Å². The van der Waals surface area contributed by atoms with Gasteiger partial charge in [0.15, 0.2) is 16.3 Å². The molecule has 0 saturated heterocycles. The number of hydrogen-bond donors (Lipinski definition) is 0. The third kappa shape index (κ3) is 4.85. The van der Waals surface area contributed by atoms with Crippen molar-refractivity contribution in [3.8, 4) is 11.5 Å². The van der Waals surface area contributed by atoms with Gasteiger partial charge in [0, 0.05) is 10.5 Å². The first-order valence-corrected chi connectivity index (χ1v) is 13.6. The van der Waals surface area contributed by atoms with Gasteiger partial charge in [-0.2, -0.15) is 0 Å². The second-order valence-corrected chi connectivity index (χ2v) is 9.78. The van der Waals surface area contributed by atoms with Crippen LogP contribution in [-0.4, -0.2) is 37.1 Å². The molecule has 1 aliphatic heterocycles. The first-order chi connectivity index (χ1) is 17.4. The lowest BCUT2D eigenvalue weighted by Gasteiger charge is -2.24. The summed E-state index contributed by atoms with van der Waals surface area (Å²) in [5, 5.41) is 0. The van der Waals surface area contributed by atoms with Crippen molar-refractivity contribution in [2.45, 2.75) is 31.7 Å². The highest BCUT2D eigenvalue weighted by atomic mass is 32.2. The highest BCUT2D eigenvalue weighted by Gasteiger charge is 2.33. The largest absolute Gasteiger partial charge is 0.493 e. The molecule has 2 heterocycles. The molecule has 0 spiro atoms. The van der Waals surface area contributed by atoms with Crippen molar-refractivity contribution in [1.29, 1.82) is 0 Å². The number of thiazole rings is 1. The zero-order chi connectivity index (χ0) is 25.8. The Morgan fingerprint density at radius 1 is 1.17 bits per heavy atom. The van der Waals surface area contributed by atoms with E-state index < -0.39 is 12.0 Å². The normalized spacial score (nSPS) is 15.4. The van der Waals surface area contributed by atoms with E-state index in [1.165, 1.54) is 11.3 Å². The second kappa shape index (κ2) is 11.2. The maximum atomic E-state index is 13.8. The van der Waals surface area contributed by atoms with Crippen LogP contribution in [0.5, 0.6) is 11.5 Å². The van der Waals surface area contributed by atoms with Gasteiger partial charge >= 0.3 is 5.97 Å². The standard InChI is InChI=1S/C27H28N2O5S2/c1-6-33-24-18(9-8-10-20(24)32-4)15-21-25(30)29-23(17-11-13-19(35-5)14-12-17)22(26(31)34-7-2)16(3)28-27(29)36-21/h8-15,23H,6-7H2,1-5H3/b21-15-/t23-/m0/s1. The van der Waals surface area contributed by atoms with Crippen molar-refractivity contribution in [3.05, 3.63) is 84.5 Å². The van der Waals surface area contributed by atoms with Crippen molar-refractivity contribution in [2.75, 3.05) is 26.6 Å². The summed E-state index contributed by atoms with van der Waals surface area (Å²) in [6, 6.07) is 12.8. The number of carbonyl (C=O) groups is 1. The molecule has 0 unspecified atom stereocenters. The first kappa shape index (κ1) is 25.8. The number of para-hydroxylation sites is 1. The number of allylic oxidation sites excluding steroid dienone is 1. The zero-order valence-electron chi connectivity index (χ0n) is 20.9. The zero-order valence-corrected chi connectivity index (χ0v) is 22.5. The molecule has 0 amide bonds. The van der Waals surface area contributed by atoms with E-state index in [4.69, 9.17) is 14.2 Å². The molecule has 0 fully saturated rings. The molecule has 9 heteroatoms. The van der Waals surface area contributed by atoms with Gasteiger partial charge in [-0.25, -0.2) is 9.79 Å². The molecule has 188 valence electrons. The van der Waals surface area contributed by atoms with Crippen LogP contribution in [0.2, 0.25) is 0 Å². The number of esters is 1. The summed E-state index contributed by atoms with van der Waals surface area (Å²) in [6.07, 6.45) is 3.79. The van der Waals surface area contributed by atoms with E-state index in [9.17, 15) is 9.59 Å². The average molecular weight is 525 g/mol. The van der Waals surface area contributed by atoms with Gasteiger partial charge in [0.05, 0.1) is 42.2 Å². The Morgan fingerprint density at radius 2 is 1.92 bits per heavy atom. The van der Waals surface area contributed by atoms with Crippen LogP contribution in [0.25, 0.3) is 6.08 Å². The predicted octanol–water partition coefficient (Wildman–Crippen LogP) is 3.93. The van der Waals surface area contributed by atoms with Crippen LogP contribution < -0.4 is 24.4 Å². The van der Waals surface area contributed by atoms with Gasteiger partial charge in [-0.1, -0.05) is 35.6 Å². The van der Waals surface area contributed by atoms with Crippen molar-refractivity contribution in [3.63, 3.8) is 0 Å². The fraction of sp³-hybridized carbons (Fsp3) is 0.296. The highest BCUT2D eigenvalue weighted by molar-refractivity contribution is 7.98. The number of ether oxygens (including phenoxy) is 3. The molecule has 36 heavy (non-hydrogen) atoms. The molecule has 0 saturated carbocycles. The Bertz CT molecular complexity index is 1490. The Morgan fingerprint density at radius 3 is 2.56 bits per heavy atom. The van der Waals surface area contributed by atoms with E-state index in [0.29, 0.717) is 38.7 Å². The van der Waals surface area contributed by atoms with Crippen molar-refractivity contribution in [2.24, 2.45) is 4.99 Å². The van der Waals surface area contributed by atoms with Gasteiger partial charge < -0.3 is 14.2 Å². The molecule has 1 aromatic heterocycles. The number of carbonyl (C=O) groups excluding carboxylic acids is 1. The predicted molar refractivity (Wildman–Crippen MR) is 143 cm³/mol. The third-order valence-electron chi connectivity index (χ3n) is 5.75. The maximum Gasteiger partial charge on any atom is 0.338 e. The molecule has 1 atom stereocenters. The minimum Gasteiger partial charge on any atom is -0.493 e. The van der Waals surface area contributed by atoms with Crippen LogP contribution in [0.1, 0.15) is 37.9 Å². The number of methoxy groups -OCH3 is 1. The molecule has 0 bridgehead atoms. The minimum atomic E-state index is -0.643. The topological polar surface area (TPSA) is 79.1 Å². The molecule has 0 radical (unpaired) electrons. The minimum absolute atomic E-state index is 0.230. The highest BCUT2D eigenvalue weighted by Crippen LogP contribution is 2.33. The maximum absolute atomic E-state index is 13.8. The van der Waals surface area contributed by atoms with Crippen LogP contribution >= 0.6 is 23.1 Å². The molecule has 1 aliphatic rings. The van der Waals surface area contributed by atoms with Crippen LogP contribution in [0.15, 0.2) is 68.4 Å². The van der Waals surface area contributed by atoms with Gasteiger partial charge in [-0.15, -0.1) is 11.8 Å². The molecule has 3 aromatic rings. The van der Waals surface area contributed by atoms with Crippen LogP contribution in [0.3, 0.4) is 0 Å². The van der Waals surface area contributed by atoms with E-state index in [2.05, 4.69) is 4.99 Å². The smallest absolute Gasteiger partial charge is 0.338 e. The van der Waals surface area contributed by atoms with Crippen LogP contribution in [-0.2, 0) is 9.53 Å². The summed E-state index contributed by atoms with van der Waals surface area (Å²) in [5.74, 6) is 0.685. The summed E-state index contributed by atoms with van der Waals surface area (Å²) in [4.78, 5) is 33.1. The number of benzene rings is 2. The number of hydrogen-bond acceptors (Lipinski definition) is 8. The number of nitrogens with zero attached hydrogens (tertiary/aromatic N) is 2. The van der Waals surface area contributed by atoms with Crippen LogP contribution in [0.4, 0.5) is 0 Å². The van der Waals surface area contributed by atoms with Gasteiger partial charge in [-0.05, 0) is 56.9 Å². The summed E-state index contributed by atoms with van der Waals surface area (Å²) in [7, 11) is 1.58. The van der Waals surface area contributed by atoms with Crippen molar-refractivity contribution < 1.29 is 19.0 Å². The fourth-order valence-corrected chi connectivity index (χ4v) is 5.59. The van der Waals surface area contributed by atoms with Crippen LogP contribution in [0, 0.1) is 0 Å². The van der Waals surface area contributed by atoms with E-state index in [1.54, 1.807) is 43.4 Å². The average Bonchev–Trinajstić information content (AvgIpc) is 3.18. The monoisotopic (exact) mass is 524 g/mol. The Kier molecular flexibility index (Phi) is 8.01. The molecular formula is C27H28N2O5S2. The molecular weight excluding hydrogens is 496 g/mol. The van der Waals surface area contributed by atoms with Gasteiger partial charge in [0.25, 0.3) is 5.56 Å². The molecule has 2 aromatic carbocycles. The molecule has 0 N–H and O–H groups in total. The Labute approximate surface area is 217 Å². The fourth-order valence-electron chi connectivity index (χ4n) is 4.14. The van der Waals surface area contributed by atoms with Gasteiger partial charge in [0.1, 0.15) is 0 Å². The van der Waals surface area contributed by atoms with E-state index in [-0.39, 0.29) is 12.2 Å². The molecule has 7 nitrogen and oxygen atoms in total. The van der Waals surface area contributed by atoms with Gasteiger partial charge in [0.2, 0.25) is 0 Å². The number of rotatable bonds is 8. The van der Waals surface area contributed by atoms with Gasteiger partial charge in [-0.3, -0.25) is 9.36 Å². The quantitative estimate of drug-likeness (QED) is 0.328. The summed E-state index contributed by atoms with van der Waals surface area (Å²) < 4.78 is 18.7. The molecule has 4 rings (SSSR count). The number of fused-ring (bicyclic) bond motifs is 1. The summed E-state index contributed by atoms with van der Waals surface area (Å²) >= 11 is 2.90. The summed E-state index contributed by atoms with van der Waals surface area (Å²) in [5.41, 5.74) is 2.20. The second-order valence-electron chi connectivity index (χ2n) is 7.89. The molecule has 0 aliphatic carbocycles. The van der Waals surface area contributed by atoms with E-state index in [1.807, 2.05) is 55.6 Å². The Hall–Kier alpha value is -3.30. The third-order valence-corrected chi connectivity index (χ3v) is 7.48. The number of aromatic nitrogens is 1. The summed E-state index contributed by atoms with van der Waals surface area (Å²) in [6.45, 7) is 6.12.